The van der Waals surface area contributed by atoms with Crippen LogP contribution in [0.15, 0.2) is 60.7 Å². The SMILES string of the molecule is CCCCCCCCCCCCCCCCCC(=O)N(CCCCc1ccccc1)C[C@H]1O[C@H](OC)[C@@H](N(CCCCc2ccccc2)C(=O)CCCCCCCCCCCCCCCCC)[C@@H](O)[C@@H]1O. The first-order chi connectivity index (χ1) is 34.9. The van der Waals surface area contributed by atoms with Gasteiger partial charge in [0.15, 0.2) is 6.29 Å². The number of unbranched alkanes of at least 4 members (excludes halogenated alkanes) is 30. The third-order valence-corrected chi connectivity index (χ3v) is 15.3. The van der Waals surface area contributed by atoms with Crippen molar-refractivity contribution in [2.24, 2.45) is 0 Å². The molecule has 1 heterocycles. The number of nitrogens with zero attached hydrogens (tertiary/aromatic N) is 2. The lowest BCUT2D eigenvalue weighted by molar-refractivity contribution is -0.275. The molecule has 1 aliphatic rings. The average molecular weight is 990 g/mol. The third kappa shape index (κ3) is 29.0. The van der Waals surface area contributed by atoms with Gasteiger partial charge in [0, 0.05) is 39.6 Å². The minimum atomic E-state index is -1.29. The first kappa shape index (κ1) is 62.5. The second-order valence-electron chi connectivity index (χ2n) is 21.5. The Morgan fingerprint density at radius 1 is 0.465 bits per heavy atom. The van der Waals surface area contributed by atoms with Crippen LogP contribution in [0.1, 0.15) is 256 Å². The van der Waals surface area contributed by atoms with Crippen molar-refractivity contribution in [3.63, 3.8) is 0 Å². The van der Waals surface area contributed by atoms with Crippen LogP contribution < -0.4 is 0 Å². The highest BCUT2D eigenvalue weighted by molar-refractivity contribution is 5.77. The summed E-state index contributed by atoms with van der Waals surface area (Å²) in [6.07, 6.45) is 39.9. The van der Waals surface area contributed by atoms with Crippen molar-refractivity contribution in [3.8, 4) is 0 Å². The van der Waals surface area contributed by atoms with Crippen LogP contribution in [0.2, 0.25) is 0 Å². The summed E-state index contributed by atoms with van der Waals surface area (Å²) in [4.78, 5) is 31.8. The quantitative estimate of drug-likeness (QED) is 0.0641. The lowest BCUT2D eigenvalue weighted by Gasteiger charge is -2.47. The van der Waals surface area contributed by atoms with Crippen molar-refractivity contribution in [3.05, 3.63) is 71.8 Å². The molecule has 0 aliphatic carbocycles. The van der Waals surface area contributed by atoms with Crippen molar-refractivity contribution in [1.29, 1.82) is 0 Å². The lowest BCUT2D eigenvalue weighted by atomic mass is 9.93. The van der Waals surface area contributed by atoms with Crippen molar-refractivity contribution in [2.45, 2.75) is 288 Å². The second-order valence-corrected chi connectivity index (χ2v) is 21.5. The fraction of sp³-hybridized carbons (Fsp3) is 0.778. The number of benzene rings is 2. The van der Waals surface area contributed by atoms with Gasteiger partial charge < -0.3 is 29.5 Å². The highest BCUT2D eigenvalue weighted by Gasteiger charge is 2.49. The normalized spacial score (nSPS) is 18.0. The van der Waals surface area contributed by atoms with Gasteiger partial charge in [-0.2, -0.15) is 0 Å². The molecule has 406 valence electrons. The Hall–Kier alpha value is -2.78. The summed E-state index contributed by atoms with van der Waals surface area (Å²) in [5, 5.41) is 23.9. The standard InChI is InChI=1S/C63H108N2O6/c1-4-6-8-10-12-14-16-18-20-22-24-26-28-30-38-50-58(66)64(52-42-40-48-55-44-34-32-35-45-55)54-57-61(68)62(69)60(63(70-3)71-57)65(53-43-41-49-56-46-36-33-37-47-56)59(67)51-39-31-29-27-25-23-21-19-17-15-13-11-9-7-5-2/h32-37,44-47,57,60-63,68-69H,4-31,38-43,48-54H2,1-3H3/t57-,60+,61-,62-,63+/m1/s1. The van der Waals surface area contributed by atoms with E-state index in [1.807, 2.05) is 17.0 Å². The molecule has 2 amide bonds. The van der Waals surface area contributed by atoms with Gasteiger partial charge in [-0.3, -0.25) is 9.59 Å². The van der Waals surface area contributed by atoms with Crippen LogP contribution in [0, 0.1) is 0 Å². The zero-order valence-electron chi connectivity index (χ0n) is 46.1. The number of ether oxygens (including phenoxy) is 2. The smallest absolute Gasteiger partial charge is 0.223 e. The fourth-order valence-corrected chi connectivity index (χ4v) is 10.7. The van der Waals surface area contributed by atoms with E-state index in [4.69, 9.17) is 9.47 Å². The Kier molecular flexibility index (Phi) is 37.5. The number of carbonyl (C=O) groups is 2. The highest BCUT2D eigenvalue weighted by atomic mass is 16.7. The monoisotopic (exact) mass is 989 g/mol. The minimum absolute atomic E-state index is 0.0292. The average Bonchev–Trinajstić information content (AvgIpc) is 3.39. The third-order valence-electron chi connectivity index (χ3n) is 15.3. The maximum absolute atomic E-state index is 14.2. The van der Waals surface area contributed by atoms with E-state index in [1.54, 1.807) is 12.0 Å². The predicted octanol–water partition coefficient (Wildman–Crippen LogP) is 15.7. The first-order valence-electron chi connectivity index (χ1n) is 30.1. The highest BCUT2D eigenvalue weighted by Crippen LogP contribution is 2.29. The lowest BCUT2D eigenvalue weighted by Crippen LogP contribution is -2.66. The molecular weight excluding hydrogens is 881 g/mol. The predicted molar refractivity (Wildman–Crippen MR) is 298 cm³/mol. The maximum atomic E-state index is 14.2. The van der Waals surface area contributed by atoms with Crippen LogP contribution in [0.25, 0.3) is 0 Å². The molecule has 0 saturated carbocycles. The number of amides is 2. The molecule has 2 aromatic rings. The van der Waals surface area contributed by atoms with Crippen molar-refractivity contribution in [1.82, 2.24) is 9.80 Å². The summed E-state index contributed by atoms with van der Waals surface area (Å²) in [6, 6.07) is 20.0. The molecule has 1 fully saturated rings. The number of methoxy groups -OCH3 is 1. The van der Waals surface area contributed by atoms with E-state index in [9.17, 15) is 19.8 Å². The van der Waals surface area contributed by atoms with Gasteiger partial charge in [-0.05, 0) is 62.5 Å². The molecule has 0 radical (unpaired) electrons. The van der Waals surface area contributed by atoms with Crippen LogP contribution >= 0.6 is 0 Å². The van der Waals surface area contributed by atoms with Gasteiger partial charge in [-0.25, -0.2) is 0 Å². The second kappa shape index (κ2) is 42.6. The van der Waals surface area contributed by atoms with E-state index in [0.29, 0.717) is 25.9 Å². The minimum Gasteiger partial charge on any atom is -0.388 e. The van der Waals surface area contributed by atoms with Gasteiger partial charge in [0.05, 0.1) is 0 Å². The molecule has 71 heavy (non-hydrogen) atoms. The molecule has 0 bridgehead atoms. The topological polar surface area (TPSA) is 99.5 Å². The van der Waals surface area contributed by atoms with E-state index in [-0.39, 0.29) is 18.4 Å². The van der Waals surface area contributed by atoms with E-state index < -0.39 is 30.6 Å². The molecule has 0 aromatic heterocycles. The number of carbonyl (C=O) groups excluding carboxylic acids is 2. The Balaban J connectivity index is 1.53. The van der Waals surface area contributed by atoms with Crippen molar-refractivity contribution < 1.29 is 29.3 Å². The van der Waals surface area contributed by atoms with Gasteiger partial charge in [0.25, 0.3) is 0 Å². The van der Waals surface area contributed by atoms with Gasteiger partial charge in [-0.1, -0.05) is 254 Å². The Morgan fingerprint density at radius 3 is 1.23 bits per heavy atom. The van der Waals surface area contributed by atoms with Gasteiger partial charge in [0.1, 0.15) is 24.4 Å². The number of aryl methyl sites for hydroxylation is 2. The summed E-state index contributed by atoms with van der Waals surface area (Å²) < 4.78 is 12.5. The van der Waals surface area contributed by atoms with Crippen molar-refractivity contribution >= 4 is 11.8 Å². The Morgan fingerprint density at radius 2 is 0.831 bits per heavy atom. The number of rotatable bonds is 46. The summed E-state index contributed by atoms with van der Waals surface area (Å²) in [6.45, 7) is 5.72. The summed E-state index contributed by atoms with van der Waals surface area (Å²) in [5.74, 6) is 0.0398. The molecule has 8 nitrogen and oxygen atoms in total. The molecule has 1 aliphatic heterocycles. The van der Waals surface area contributed by atoms with Crippen LogP contribution in [0.4, 0.5) is 0 Å². The molecule has 0 unspecified atom stereocenters. The molecule has 2 aromatic carbocycles. The maximum Gasteiger partial charge on any atom is 0.223 e. The van der Waals surface area contributed by atoms with Gasteiger partial charge >= 0.3 is 0 Å². The Bertz CT molecular complexity index is 1520. The summed E-state index contributed by atoms with van der Waals surface area (Å²) >= 11 is 0. The van der Waals surface area contributed by atoms with Crippen LogP contribution in [0.3, 0.4) is 0 Å². The first-order valence-corrected chi connectivity index (χ1v) is 30.1. The van der Waals surface area contributed by atoms with Crippen molar-refractivity contribution in [2.75, 3.05) is 26.7 Å². The molecular formula is C63H108N2O6. The summed E-state index contributed by atoms with van der Waals surface area (Å²) in [5.41, 5.74) is 2.54. The number of hydrogen-bond acceptors (Lipinski definition) is 6. The summed E-state index contributed by atoms with van der Waals surface area (Å²) in [7, 11) is 1.55. The van der Waals surface area contributed by atoms with E-state index >= 15 is 0 Å². The zero-order chi connectivity index (χ0) is 50.8. The zero-order valence-corrected chi connectivity index (χ0v) is 46.1. The molecule has 2 N–H and O–H groups in total. The van der Waals surface area contributed by atoms with E-state index in [1.165, 1.54) is 165 Å². The Labute approximate surface area is 436 Å². The van der Waals surface area contributed by atoms with E-state index in [0.717, 1.165) is 77.0 Å². The molecule has 3 rings (SSSR count). The molecule has 1 saturated heterocycles. The number of aliphatic hydroxyl groups excluding tert-OH is 2. The molecule has 5 atom stereocenters. The van der Waals surface area contributed by atoms with Gasteiger partial charge in [0.2, 0.25) is 11.8 Å². The van der Waals surface area contributed by atoms with E-state index in [2.05, 4.69) is 62.4 Å². The number of aliphatic hydroxyl groups is 2. The van der Waals surface area contributed by atoms with Crippen LogP contribution in [0.5, 0.6) is 0 Å². The van der Waals surface area contributed by atoms with Gasteiger partial charge in [-0.15, -0.1) is 0 Å². The largest absolute Gasteiger partial charge is 0.388 e. The fourth-order valence-electron chi connectivity index (χ4n) is 10.7. The molecule has 0 spiro atoms. The number of hydrogen-bond donors (Lipinski definition) is 2. The van der Waals surface area contributed by atoms with Crippen LogP contribution in [-0.4, -0.2) is 89.2 Å². The molecule has 8 heteroatoms. The van der Waals surface area contributed by atoms with Crippen LogP contribution in [-0.2, 0) is 31.9 Å².